The molecule has 1 N–H and O–H groups in total. The Morgan fingerprint density at radius 1 is 0.905 bits per heavy atom. The average molecular weight is 315 g/mol. The topological polar surface area (TPSA) is 63.2 Å². The van der Waals surface area contributed by atoms with E-state index in [0.717, 1.165) is 30.3 Å². The zero-order valence-electron chi connectivity index (χ0n) is 10.3. The van der Waals surface area contributed by atoms with Gasteiger partial charge in [0.2, 0.25) is 0 Å². The summed E-state index contributed by atoms with van der Waals surface area (Å²) in [6.07, 6.45) is 0. The van der Waals surface area contributed by atoms with Gasteiger partial charge < -0.3 is 0 Å². The molecule has 0 aliphatic rings. The second-order valence-electron chi connectivity index (χ2n) is 4.01. The van der Waals surface area contributed by atoms with E-state index in [-0.39, 0.29) is 4.90 Å². The van der Waals surface area contributed by atoms with Crippen molar-refractivity contribution in [1.29, 1.82) is 0 Å². The molecule has 0 saturated heterocycles. The van der Waals surface area contributed by atoms with Crippen LogP contribution in [-0.4, -0.2) is 14.3 Å². The fourth-order valence-corrected chi connectivity index (χ4v) is 2.49. The fraction of sp³-hybridized carbons (Fsp3) is 0. The lowest BCUT2D eigenvalue weighted by molar-refractivity contribution is 0.0977. The van der Waals surface area contributed by atoms with E-state index < -0.39 is 38.9 Å². The third kappa shape index (κ3) is 3.40. The van der Waals surface area contributed by atoms with Gasteiger partial charge in [0.05, 0.1) is 10.5 Å². The molecule has 4 nitrogen and oxygen atoms in total. The maximum atomic E-state index is 13.4. The highest BCUT2D eigenvalue weighted by Gasteiger charge is 2.21. The summed E-state index contributed by atoms with van der Waals surface area (Å²) in [4.78, 5) is 11.3. The van der Waals surface area contributed by atoms with Gasteiger partial charge in [0.15, 0.2) is 0 Å². The number of nitrogens with one attached hydrogen (secondary N) is 1. The Morgan fingerprint density at radius 2 is 1.48 bits per heavy atom. The van der Waals surface area contributed by atoms with Crippen LogP contribution in [0.5, 0.6) is 0 Å². The molecule has 0 radical (unpaired) electrons. The van der Waals surface area contributed by atoms with Crippen molar-refractivity contribution in [2.45, 2.75) is 4.90 Å². The van der Waals surface area contributed by atoms with Crippen LogP contribution in [0.25, 0.3) is 0 Å². The van der Waals surface area contributed by atoms with Crippen LogP contribution < -0.4 is 4.72 Å². The van der Waals surface area contributed by atoms with Gasteiger partial charge in [-0.3, -0.25) is 4.79 Å². The van der Waals surface area contributed by atoms with E-state index in [1.54, 1.807) is 4.72 Å². The lowest BCUT2D eigenvalue weighted by atomic mass is 10.2. The van der Waals surface area contributed by atoms with E-state index in [9.17, 15) is 26.4 Å². The third-order valence-electron chi connectivity index (χ3n) is 2.52. The Hall–Kier alpha value is -2.35. The second-order valence-corrected chi connectivity index (χ2v) is 5.70. The second kappa shape index (κ2) is 5.57. The van der Waals surface area contributed by atoms with E-state index >= 15 is 0 Å². The molecule has 0 aliphatic carbocycles. The number of hydrogen-bond acceptors (Lipinski definition) is 3. The Morgan fingerprint density at radius 3 is 2.10 bits per heavy atom. The monoisotopic (exact) mass is 315 g/mol. The smallest absolute Gasteiger partial charge is 0.268 e. The van der Waals surface area contributed by atoms with Crippen LogP contribution in [0.2, 0.25) is 0 Å². The molecule has 0 aromatic heterocycles. The van der Waals surface area contributed by atoms with Crippen molar-refractivity contribution in [3.8, 4) is 0 Å². The quantitative estimate of drug-likeness (QED) is 0.944. The van der Waals surface area contributed by atoms with E-state index in [1.165, 1.54) is 0 Å². The first kappa shape index (κ1) is 15.0. The van der Waals surface area contributed by atoms with Crippen molar-refractivity contribution in [2.75, 3.05) is 0 Å². The van der Waals surface area contributed by atoms with Crippen LogP contribution >= 0.6 is 0 Å². The summed E-state index contributed by atoms with van der Waals surface area (Å²) in [7, 11) is -4.31. The predicted molar refractivity (Wildman–Crippen MR) is 67.4 cm³/mol. The molecule has 2 aromatic carbocycles. The first-order chi connectivity index (χ1) is 9.79. The summed E-state index contributed by atoms with van der Waals surface area (Å²) in [5, 5.41) is 0. The van der Waals surface area contributed by atoms with Gasteiger partial charge >= 0.3 is 0 Å². The predicted octanol–water partition coefficient (Wildman–Crippen LogP) is 2.22. The third-order valence-corrected chi connectivity index (χ3v) is 3.87. The van der Waals surface area contributed by atoms with Gasteiger partial charge in [-0.15, -0.1) is 0 Å². The maximum Gasteiger partial charge on any atom is 0.268 e. The first-order valence-electron chi connectivity index (χ1n) is 5.57. The minimum atomic E-state index is -4.31. The van der Waals surface area contributed by atoms with Crippen molar-refractivity contribution in [2.24, 2.45) is 0 Å². The highest BCUT2D eigenvalue weighted by Crippen LogP contribution is 2.13. The molecular weight excluding hydrogens is 307 g/mol. The maximum absolute atomic E-state index is 13.4. The minimum absolute atomic E-state index is 0.380. The highest BCUT2D eigenvalue weighted by atomic mass is 32.2. The lowest BCUT2D eigenvalue weighted by Gasteiger charge is -2.07. The molecule has 0 spiro atoms. The molecule has 2 rings (SSSR count). The molecular formula is C13H8F3NO3S. The van der Waals surface area contributed by atoms with Gasteiger partial charge in [0, 0.05) is 0 Å². The standard InChI is InChI=1S/C13H8F3NO3S/c14-8-1-4-10(5-2-8)21(19,20)17-13(18)11-7-9(15)3-6-12(11)16/h1-7H,(H,17,18). The van der Waals surface area contributed by atoms with Gasteiger partial charge in [-0.25, -0.2) is 26.3 Å². The van der Waals surface area contributed by atoms with Crippen LogP contribution in [0.3, 0.4) is 0 Å². The molecule has 0 heterocycles. The number of carbonyl (C=O) groups is 1. The first-order valence-corrected chi connectivity index (χ1v) is 7.06. The van der Waals surface area contributed by atoms with Gasteiger partial charge in [-0.05, 0) is 42.5 Å². The molecule has 0 atom stereocenters. The van der Waals surface area contributed by atoms with Crippen molar-refractivity contribution in [3.05, 3.63) is 65.5 Å². The molecule has 0 saturated carbocycles. The van der Waals surface area contributed by atoms with Gasteiger partial charge in [-0.1, -0.05) is 0 Å². The highest BCUT2D eigenvalue weighted by molar-refractivity contribution is 7.90. The van der Waals surface area contributed by atoms with Crippen LogP contribution in [0, 0.1) is 17.5 Å². The summed E-state index contributed by atoms with van der Waals surface area (Å²) < 4.78 is 64.4. The Labute approximate surface area is 118 Å². The Bertz CT molecular complexity index is 789. The molecule has 110 valence electrons. The molecule has 1 amide bonds. The SMILES string of the molecule is O=C(NS(=O)(=O)c1ccc(F)cc1)c1cc(F)ccc1F. The Balaban J connectivity index is 2.30. The summed E-state index contributed by atoms with van der Waals surface area (Å²) in [5.74, 6) is -3.93. The molecule has 2 aromatic rings. The average Bonchev–Trinajstić information content (AvgIpc) is 2.41. The van der Waals surface area contributed by atoms with Crippen LogP contribution in [0.4, 0.5) is 13.2 Å². The van der Waals surface area contributed by atoms with Gasteiger partial charge in [0.25, 0.3) is 15.9 Å². The van der Waals surface area contributed by atoms with Crippen molar-refractivity contribution >= 4 is 15.9 Å². The van der Waals surface area contributed by atoms with E-state index in [1.807, 2.05) is 0 Å². The lowest BCUT2D eigenvalue weighted by Crippen LogP contribution is -2.31. The number of rotatable bonds is 3. The number of amides is 1. The minimum Gasteiger partial charge on any atom is -0.268 e. The van der Waals surface area contributed by atoms with Crippen molar-refractivity contribution in [1.82, 2.24) is 4.72 Å². The zero-order chi connectivity index (χ0) is 15.6. The van der Waals surface area contributed by atoms with Gasteiger partial charge in [0.1, 0.15) is 17.5 Å². The van der Waals surface area contributed by atoms with E-state index in [2.05, 4.69) is 0 Å². The fourth-order valence-electron chi connectivity index (χ4n) is 1.52. The molecule has 8 heteroatoms. The summed E-state index contributed by atoms with van der Waals surface area (Å²) in [5.41, 5.74) is -0.749. The summed E-state index contributed by atoms with van der Waals surface area (Å²) in [6, 6.07) is 5.73. The number of carbonyl (C=O) groups excluding carboxylic acids is 1. The summed E-state index contributed by atoms with van der Waals surface area (Å²) >= 11 is 0. The van der Waals surface area contributed by atoms with Crippen molar-refractivity contribution < 1.29 is 26.4 Å². The summed E-state index contributed by atoms with van der Waals surface area (Å²) in [6.45, 7) is 0. The zero-order valence-corrected chi connectivity index (χ0v) is 11.1. The Kier molecular flexibility index (Phi) is 3.99. The van der Waals surface area contributed by atoms with Crippen LogP contribution in [0.15, 0.2) is 47.4 Å². The number of benzene rings is 2. The van der Waals surface area contributed by atoms with E-state index in [0.29, 0.717) is 12.1 Å². The van der Waals surface area contributed by atoms with Crippen molar-refractivity contribution in [3.63, 3.8) is 0 Å². The molecule has 0 fully saturated rings. The number of sulfonamides is 1. The number of halogens is 3. The van der Waals surface area contributed by atoms with Gasteiger partial charge in [-0.2, -0.15) is 0 Å². The molecule has 0 aliphatic heterocycles. The van der Waals surface area contributed by atoms with Crippen LogP contribution in [-0.2, 0) is 10.0 Å². The molecule has 0 unspecified atom stereocenters. The molecule has 21 heavy (non-hydrogen) atoms. The number of hydrogen-bond donors (Lipinski definition) is 1. The largest absolute Gasteiger partial charge is 0.268 e. The normalized spacial score (nSPS) is 11.2. The van der Waals surface area contributed by atoms with E-state index in [4.69, 9.17) is 0 Å². The van der Waals surface area contributed by atoms with Crippen LogP contribution in [0.1, 0.15) is 10.4 Å². The molecule has 0 bridgehead atoms.